The highest BCUT2D eigenvalue weighted by Crippen LogP contribution is 1.88. The Labute approximate surface area is 43.0 Å². The molecule has 0 amide bonds. The van der Waals surface area contributed by atoms with Crippen molar-refractivity contribution in [1.29, 1.82) is 0 Å². The molecule has 0 aliphatic heterocycles. The van der Waals surface area contributed by atoms with Crippen LogP contribution in [0, 0.1) is 6.92 Å². The van der Waals surface area contributed by atoms with Gasteiger partial charge in [-0.25, -0.2) is 0 Å². The Morgan fingerprint density at radius 1 is 1.29 bits per heavy atom. The number of pyridine rings is 1. The number of hydrogen-bond donors (Lipinski definition) is 0. The molecule has 2 radical (unpaired) electrons. The molecule has 0 spiro atoms. The maximum Gasteiger partial charge on any atom is 0.0270 e. The summed E-state index contributed by atoms with van der Waals surface area (Å²) in [6, 6.07) is 3.50. The molecule has 1 aromatic rings. The van der Waals surface area contributed by atoms with E-state index in [1.54, 1.807) is 24.5 Å². The fourth-order valence-electron chi connectivity index (χ4n) is 0.363. The number of hydrogen-bond acceptors (Lipinski definition) is 1. The maximum absolute atomic E-state index is 5.32. The number of rotatable bonds is 0. The summed E-state index contributed by atoms with van der Waals surface area (Å²) in [5.74, 6) is 0. The zero-order chi connectivity index (χ0) is 5.11. The van der Waals surface area contributed by atoms with Crippen LogP contribution in [0.1, 0.15) is 5.56 Å². The van der Waals surface area contributed by atoms with Gasteiger partial charge in [-0.2, -0.15) is 0 Å². The van der Waals surface area contributed by atoms with E-state index in [2.05, 4.69) is 4.98 Å². The van der Waals surface area contributed by atoms with Crippen LogP contribution in [0.4, 0.5) is 0 Å². The van der Waals surface area contributed by atoms with Crippen molar-refractivity contribution in [3.8, 4) is 0 Å². The molecule has 0 aromatic carbocycles. The van der Waals surface area contributed by atoms with E-state index >= 15 is 0 Å². The standard InChI is InChI=1S/C6H5N/c1-6-2-4-7-5-3-6/h1-5H. The molecule has 0 saturated heterocycles. The van der Waals surface area contributed by atoms with Crippen LogP contribution in [0.5, 0.6) is 0 Å². The van der Waals surface area contributed by atoms with E-state index in [1.165, 1.54) is 0 Å². The summed E-state index contributed by atoms with van der Waals surface area (Å²) < 4.78 is 0. The summed E-state index contributed by atoms with van der Waals surface area (Å²) in [7, 11) is 0. The van der Waals surface area contributed by atoms with Crippen molar-refractivity contribution in [2.75, 3.05) is 0 Å². The predicted octanol–water partition coefficient (Wildman–Crippen LogP) is 1.14. The Morgan fingerprint density at radius 3 is 2.14 bits per heavy atom. The van der Waals surface area contributed by atoms with Crippen LogP contribution in [0.25, 0.3) is 0 Å². The third-order valence-electron chi connectivity index (χ3n) is 0.706. The molecule has 0 unspecified atom stereocenters. The van der Waals surface area contributed by atoms with Crippen LogP contribution >= 0.6 is 0 Å². The van der Waals surface area contributed by atoms with Crippen LogP contribution in [-0.4, -0.2) is 4.98 Å². The van der Waals surface area contributed by atoms with Gasteiger partial charge in [-0.1, -0.05) is 0 Å². The molecule has 0 N–H and O–H groups in total. The molecule has 0 aliphatic rings. The lowest BCUT2D eigenvalue weighted by Crippen LogP contribution is -1.68. The molecule has 0 atom stereocenters. The van der Waals surface area contributed by atoms with Gasteiger partial charge in [-0.05, 0) is 24.6 Å². The van der Waals surface area contributed by atoms with Gasteiger partial charge in [0.2, 0.25) is 0 Å². The van der Waals surface area contributed by atoms with E-state index in [0.29, 0.717) is 0 Å². The minimum atomic E-state index is 0.759. The molecule has 34 valence electrons. The van der Waals surface area contributed by atoms with E-state index in [-0.39, 0.29) is 0 Å². The zero-order valence-electron chi connectivity index (χ0n) is 3.83. The second-order valence-electron chi connectivity index (χ2n) is 1.28. The minimum absolute atomic E-state index is 0.759. The van der Waals surface area contributed by atoms with Crippen molar-refractivity contribution in [1.82, 2.24) is 4.98 Å². The van der Waals surface area contributed by atoms with Crippen molar-refractivity contribution in [3.63, 3.8) is 0 Å². The second-order valence-corrected chi connectivity index (χ2v) is 1.28. The molecule has 0 aliphatic carbocycles. The summed E-state index contributed by atoms with van der Waals surface area (Å²) >= 11 is 0. The van der Waals surface area contributed by atoms with Crippen molar-refractivity contribution < 1.29 is 0 Å². The highest BCUT2D eigenvalue weighted by molar-refractivity contribution is 5.11. The Morgan fingerprint density at radius 2 is 1.86 bits per heavy atom. The SMILES string of the molecule is [CH]c1ccncc1. The Bertz CT molecular complexity index is 134. The maximum atomic E-state index is 5.32. The molecular formula is C6H5N. The van der Waals surface area contributed by atoms with Crippen LogP contribution in [0.3, 0.4) is 0 Å². The van der Waals surface area contributed by atoms with E-state index in [9.17, 15) is 0 Å². The third kappa shape index (κ3) is 1.000. The summed E-state index contributed by atoms with van der Waals surface area (Å²) in [6.07, 6.45) is 3.32. The van der Waals surface area contributed by atoms with Crippen LogP contribution in [-0.2, 0) is 0 Å². The fraction of sp³-hybridized carbons (Fsp3) is 0. The fourth-order valence-corrected chi connectivity index (χ4v) is 0.363. The van der Waals surface area contributed by atoms with Gasteiger partial charge in [0.15, 0.2) is 0 Å². The Kier molecular flexibility index (Phi) is 1.07. The normalized spacial score (nSPS) is 8.71. The largest absolute Gasteiger partial charge is 0.265 e. The molecule has 0 bridgehead atoms. The second kappa shape index (κ2) is 1.73. The van der Waals surface area contributed by atoms with E-state index in [1.807, 2.05) is 0 Å². The lowest BCUT2D eigenvalue weighted by atomic mass is 10.3. The van der Waals surface area contributed by atoms with Crippen molar-refractivity contribution in [3.05, 3.63) is 37.0 Å². The first-order chi connectivity index (χ1) is 3.39. The topological polar surface area (TPSA) is 12.9 Å². The van der Waals surface area contributed by atoms with Gasteiger partial charge in [0.25, 0.3) is 0 Å². The molecule has 1 rings (SSSR count). The monoisotopic (exact) mass is 91.0 g/mol. The van der Waals surface area contributed by atoms with Gasteiger partial charge in [0.1, 0.15) is 0 Å². The zero-order valence-corrected chi connectivity index (χ0v) is 3.83. The Hall–Kier alpha value is -0.850. The quantitative estimate of drug-likeness (QED) is 0.466. The number of aromatic nitrogens is 1. The summed E-state index contributed by atoms with van der Waals surface area (Å²) in [5.41, 5.74) is 0.759. The highest BCUT2D eigenvalue weighted by atomic mass is 14.6. The van der Waals surface area contributed by atoms with Gasteiger partial charge in [0, 0.05) is 12.4 Å². The first-order valence-electron chi connectivity index (χ1n) is 2.05. The summed E-state index contributed by atoms with van der Waals surface area (Å²) in [6.45, 7) is 5.32. The third-order valence-corrected chi connectivity index (χ3v) is 0.706. The first-order valence-corrected chi connectivity index (χ1v) is 2.05. The first kappa shape index (κ1) is 4.31. The predicted molar refractivity (Wildman–Crippen MR) is 27.6 cm³/mol. The van der Waals surface area contributed by atoms with Crippen molar-refractivity contribution in [2.45, 2.75) is 0 Å². The molecule has 1 heteroatoms. The number of nitrogens with zero attached hydrogens (tertiary/aromatic N) is 1. The molecular weight excluding hydrogens is 86.1 g/mol. The molecule has 1 aromatic heterocycles. The highest BCUT2D eigenvalue weighted by Gasteiger charge is 1.73. The van der Waals surface area contributed by atoms with Gasteiger partial charge < -0.3 is 0 Å². The van der Waals surface area contributed by atoms with Gasteiger partial charge in [0.05, 0.1) is 0 Å². The summed E-state index contributed by atoms with van der Waals surface area (Å²) in [4.78, 5) is 3.77. The van der Waals surface area contributed by atoms with Gasteiger partial charge in [-0.15, -0.1) is 0 Å². The lowest BCUT2D eigenvalue weighted by Gasteiger charge is -1.81. The molecule has 1 heterocycles. The molecule has 7 heavy (non-hydrogen) atoms. The molecule has 1 nitrogen and oxygen atoms in total. The Balaban J connectivity index is 3.02. The average Bonchev–Trinajstić information content (AvgIpc) is 1.69. The van der Waals surface area contributed by atoms with Crippen molar-refractivity contribution >= 4 is 0 Å². The average molecular weight is 91.1 g/mol. The van der Waals surface area contributed by atoms with E-state index in [0.717, 1.165) is 5.56 Å². The van der Waals surface area contributed by atoms with Gasteiger partial charge in [-0.3, -0.25) is 4.98 Å². The lowest BCUT2D eigenvalue weighted by molar-refractivity contribution is 1.31. The van der Waals surface area contributed by atoms with Crippen LogP contribution in [0.15, 0.2) is 24.5 Å². The molecule has 0 fully saturated rings. The van der Waals surface area contributed by atoms with E-state index in [4.69, 9.17) is 6.92 Å². The minimum Gasteiger partial charge on any atom is -0.265 e. The van der Waals surface area contributed by atoms with Crippen molar-refractivity contribution in [2.24, 2.45) is 0 Å². The van der Waals surface area contributed by atoms with Gasteiger partial charge >= 0.3 is 0 Å². The molecule has 0 saturated carbocycles. The van der Waals surface area contributed by atoms with Crippen LogP contribution < -0.4 is 0 Å². The summed E-state index contributed by atoms with van der Waals surface area (Å²) in [5, 5.41) is 0. The smallest absolute Gasteiger partial charge is 0.0270 e. The van der Waals surface area contributed by atoms with Crippen LogP contribution in [0.2, 0.25) is 0 Å². The van der Waals surface area contributed by atoms with E-state index < -0.39 is 0 Å².